The van der Waals surface area contributed by atoms with Gasteiger partial charge in [0, 0.05) is 30.4 Å². The highest BCUT2D eigenvalue weighted by Gasteiger charge is 2.23. The Balaban J connectivity index is 1.28. The molecule has 1 aliphatic heterocycles. The lowest BCUT2D eigenvalue weighted by Gasteiger charge is -2.26. The minimum absolute atomic E-state index is 0.189. The summed E-state index contributed by atoms with van der Waals surface area (Å²) in [6.07, 6.45) is 6.79. The number of halogens is 1. The summed E-state index contributed by atoms with van der Waals surface area (Å²) < 4.78 is 22.9. The summed E-state index contributed by atoms with van der Waals surface area (Å²) in [7, 11) is 0. The fraction of sp³-hybridized carbons (Fsp3) is 0.619. The number of ether oxygens (including phenoxy) is 1. The first-order valence-corrected chi connectivity index (χ1v) is 11.3. The molecule has 1 aromatic rings. The van der Waals surface area contributed by atoms with Crippen LogP contribution >= 0.6 is 11.9 Å². The van der Waals surface area contributed by atoms with Gasteiger partial charge in [0.05, 0.1) is 6.61 Å². The van der Waals surface area contributed by atoms with Gasteiger partial charge in [0.15, 0.2) is 11.6 Å². The first-order chi connectivity index (χ1) is 14.0. The number of hydrogen-bond acceptors (Lipinski definition) is 5. The van der Waals surface area contributed by atoms with Crippen LogP contribution in [0.2, 0.25) is 0 Å². The van der Waals surface area contributed by atoms with Crippen LogP contribution in [0.3, 0.4) is 0 Å². The number of nitrogens with zero attached hydrogens (tertiary/aromatic N) is 1. The molecule has 3 amide bonds. The van der Waals surface area contributed by atoms with Crippen molar-refractivity contribution in [1.82, 2.24) is 14.9 Å². The van der Waals surface area contributed by atoms with Gasteiger partial charge in [0.25, 0.3) is 0 Å². The van der Waals surface area contributed by atoms with Crippen molar-refractivity contribution in [1.29, 1.82) is 0 Å². The second kappa shape index (κ2) is 10.8. The van der Waals surface area contributed by atoms with Crippen molar-refractivity contribution < 1.29 is 18.7 Å². The van der Waals surface area contributed by atoms with E-state index in [1.165, 1.54) is 30.9 Å². The van der Waals surface area contributed by atoms with Crippen LogP contribution < -0.4 is 14.8 Å². The van der Waals surface area contributed by atoms with E-state index in [0.29, 0.717) is 43.8 Å². The normalized spacial score (nSPS) is 17.9. The average molecular weight is 424 g/mol. The molecule has 1 heterocycles. The first-order valence-electron chi connectivity index (χ1n) is 10.4. The second-order valence-electron chi connectivity index (χ2n) is 7.91. The number of amides is 3. The molecule has 2 fully saturated rings. The molecule has 1 aliphatic carbocycles. The summed E-state index contributed by atoms with van der Waals surface area (Å²) in [5.74, 6) is 0.427. The largest absolute Gasteiger partial charge is 0.490 e. The summed E-state index contributed by atoms with van der Waals surface area (Å²) in [6.45, 7) is 3.94. The molecule has 3 rings (SSSR count). The highest BCUT2D eigenvalue weighted by atomic mass is 32.2. The number of rotatable bonds is 12. The molecule has 2 N–H and O–H groups in total. The second-order valence-corrected chi connectivity index (χ2v) is 8.82. The van der Waals surface area contributed by atoms with Gasteiger partial charge < -0.3 is 9.64 Å². The third-order valence-electron chi connectivity index (χ3n) is 5.16. The fourth-order valence-corrected chi connectivity index (χ4v) is 3.88. The maximum Gasteiger partial charge on any atom is 0.324 e. The van der Waals surface area contributed by atoms with Crippen LogP contribution in [0.1, 0.15) is 51.9 Å². The predicted molar refractivity (Wildman–Crippen MR) is 111 cm³/mol. The average Bonchev–Trinajstić information content (AvgIpc) is 3.52. The Hall–Kier alpha value is -1.80. The van der Waals surface area contributed by atoms with E-state index < -0.39 is 0 Å². The van der Waals surface area contributed by atoms with Gasteiger partial charge in [0.2, 0.25) is 5.91 Å². The SMILES string of the molecule is CC(CCCCCN1CCC(=O)NC1=O)NSc1ccc(F)c(OCC2CC2)c1. The van der Waals surface area contributed by atoms with Crippen LogP contribution in [0.4, 0.5) is 9.18 Å². The lowest BCUT2D eigenvalue weighted by molar-refractivity contribution is -0.121. The Bertz CT molecular complexity index is 714. The maximum absolute atomic E-state index is 13.9. The van der Waals surface area contributed by atoms with Crippen LogP contribution in [0.15, 0.2) is 23.1 Å². The predicted octanol–water partition coefficient (Wildman–Crippen LogP) is 4.10. The first kappa shape index (κ1) is 21.9. The Labute approximate surface area is 176 Å². The zero-order valence-electron chi connectivity index (χ0n) is 16.9. The maximum atomic E-state index is 13.9. The van der Waals surface area contributed by atoms with Crippen molar-refractivity contribution in [3.8, 4) is 5.75 Å². The zero-order valence-corrected chi connectivity index (χ0v) is 17.7. The molecule has 1 saturated heterocycles. The van der Waals surface area contributed by atoms with Gasteiger partial charge in [-0.05, 0) is 68.7 Å². The van der Waals surface area contributed by atoms with Gasteiger partial charge in [-0.15, -0.1) is 0 Å². The number of unbranched alkanes of at least 4 members (excludes halogenated alkanes) is 2. The molecule has 2 aliphatic rings. The van der Waals surface area contributed by atoms with E-state index in [0.717, 1.165) is 30.6 Å². The molecule has 1 atom stereocenters. The topological polar surface area (TPSA) is 70.7 Å². The molecule has 1 saturated carbocycles. The fourth-order valence-electron chi connectivity index (χ4n) is 3.12. The van der Waals surface area contributed by atoms with Gasteiger partial charge in [-0.3, -0.25) is 14.8 Å². The van der Waals surface area contributed by atoms with E-state index >= 15 is 0 Å². The standard InChI is InChI=1S/C21H30FN3O3S/c1-15(5-3-2-4-11-25-12-10-20(26)23-21(25)27)24-29-17-8-9-18(22)19(13-17)28-14-16-6-7-16/h8-9,13,15-16,24H,2-7,10-12,14H2,1H3,(H,23,26,27). The van der Waals surface area contributed by atoms with E-state index in [9.17, 15) is 14.0 Å². The van der Waals surface area contributed by atoms with Crippen LogP contribution in [-0.2, 0) is 4.79 Å². The molecule has 160 valence electrons. The number of hydrogen-bond donors (Lipinski definition) is 2. The number of imide groups is 1. The van der Waals surface area contributed by atoms with Crippen LogP contribution in [0.25, 0.3) is 0 Å². The minimum Gasteiger partial charge on any atom is -0.490 e. The number of benzene rings is 1. The molecule has 29 heavy (non-hydrogen) atoms. The van der Waals surface area contributed by atoms with Crippen LogP contribution in [-0.4, -0.2) is 42.6 Å². The summed E-state index contributed by atoms with van der Waals surface area (Å²) in [5.41, 5.74) is 0. The molecular formula is C21H30FN3O3S. The molecule has 6 nitrogen and oxygen atoms in total. The van der Waals surface area contributed by atoms with E-state index in [-0.39, 0.29) is 17.8 Å². The Morgan fingerprint density at radius 2 is 2.14 bits per heavy atom. The third kappa shape index (κ3) is 7.51. The lowest BCUT2D eigenvalue weighted by Crippen LogP contribution is -2.49. The van der Waals surface area contributed by atoms with Gasteiger partial charge in [-0.25, -0.2) is 9.18 Å². The molecular weight excluding hydrogens is 393 g/mol. The molecule has 8 heteroatoms. The molecule has 1 aromatic carbocycles. The van der Waals surface area contributed by atoms with Crippen LogP contribution in [0.5, 0.6) is 5.75 Å². The molecule has 0 spiro atoms. The molecule has 0 radical (unpaired) electrons. The van der Waals surface area contributed by atoms with Crippen molar-refractivity contribution in [2.45, 2.75) is 62.8 Å². The number of urea groups is 1. The van der Waals surface area contributed by atoms with Crippen molar-refractivity contribution in [3.63, 3.8) is 0 Å². The quantitative estimate of drug-likeness (QED) is 0.391. The van der Waals surface area contributed by atoms with E-state index in [2.05, 4.69) is 17.0 Å². The van der Waals surface area contributed by atoms with Gasteiger partial charge in [-0.2, -0.15) is 0 Å². The summed E-state index contributed by atoms with van der Waals surface area (Å²) in [4.78, 5) is 25.5. The van der Waals surface area contributed by atoms with Crippen molar-refractivity contribution in [2.75, 3.05) is 19.7 Å². The van der Waals surface area contributed by atoms with E-state index in [4.69, 9.17) is 4.74 Å². The van der Waals surface area contributed by atoms with Crippen molar-refractivity contribution in [3.05, 3.63) is 24.0 Å². The molecule has 0 aromatic heterocycles. The number of carbonyl (C=O) groups is 2. The Morgan fingerprint density at radius 1 is 1.31 bits per heavy atom. The lowest BCUT2D eigenvalue weighted by atomic mass is 10.1. The molecule has 1 unspecified atom stereocenters. The monoisotopic (exact) mass is 423 g/mol. The van der Waals surface area contributed by atoms with Crippen molar-refractivity contribution >= 4 is 23.9 Å². The summed E-state index contributed by atoms with van der Waals surface area (Å²) >= 11 is 1.50. The van der Waals surface area contributed by atoms with Gasteiger partial charge >= 0.3 is 6.03 Å². The summed E-state index contributed by atoms with van der Waals surface area (Å²) in [5, 5.41) is 2.35. The zero-order chi connectivity index (χ0) is 20.6. The molecule has 0 bridgehead atoms. The van der Waals surface area contributed by atoms with E-state index in [1.807, 2.05) is 0 Å². The number of nitrogens with one attached hydrogen (secondary N) is 2. The minimum atomic E-state index is -0.310. The van der Waals surface area contributed by atoms with Gasteiger partial charge in [-0.1, -0.05) is 12.8 Å². The smallest absolute Gasteiger partial charge is 0.324 e. The summed E-state index contributed by atoms with van der Waals surface area (Å²) in [6, 6.07) is 5.03. The Morgan fingerprint density at radius 3 is 2.90 bits per heavy atom. The highest BCUT2D eigenvalue weighted by Crippen LogP contribution is 2.31. The van der Waals surface area contributed by atoms with Crippen molar-refractivity contribution in [2.24, 2.45) is 5.92 Å². The number of carbonyl (C=O) groups excluding carboxylic acids is 2. The van der Waals surface area contributed by atoms with E-state index in [1.54, 1.807) is 17.0 Å². The Kier molecular flexibility index (Phi) is 8.18. The highest BCUT2D eigenvalue weighted by molar-refractivity contribution is 7.97. The third-order valence-corrected chi connectivity index (χ3v) is 6.17. The van der Waals surface area contributed by atoms with Gasteiger partial charge in [0.1, 0.15) is 0 Å². The van der Waals surface area contributed by atoms with Crippen LogP contribution in [0, 0.1) is 11.7 Å².